The van der Waals surface area contributed by atoms with Crippen LogP contribution in [0.5, 0.6) is 0 Å². The summed E-state index contributed by atoms with van der Waals surface area (Å²) in [5, 5.41) is 6.87. The van der Waals surface area contributed by atoms with Gasteiger partial charge in [-0.3, -0.25) is 9.36 Å². The molecule has 3 rings (SSSR count). The Morgan fingerprint density at radius 3 is 2.57 bits per heavy atom. The maximum Gasteiger partial charge on any atom is 0.340 e. The molecule has 0 spiro atoms. The van der Waals surface area contributed by atoms with Gasteiger partial charge in [-0.1, -0.05) is 35.5 Å². The Morgan fingerprint density at radius 2 is 1.90 bits per heavy atom. The zero-order chi connectivity index (χ0) is 21.7. The van der Waals surface area contributed by atoms with Gasteiger partial charge < -0.3 is 14.6 Å². The first-order valence-corrected chi connectivity index (χ1v) is 9.98. The van der Waals surface area contributed by atoms with Crippen LogP contribution in [0.25, 0.3) is 5.82 Å². The zero-order valence-electron chi connectivity index (χ0n) is 17.8. The second kappa shape index (κ2) is 9.43. The number of amides is 1. The quantitative estimate of drug-likeness (QED) is 0.574. The summed E-state index contributed by atoms with van der Waals surface area (Å²) in [7, 11) is 0. The van der Waals surface area contributed by atoms with Gasteiger partial charge in [-0.2, -0.15) is 0 Å². The summed E-state index contributed by atoms with van der Waals surface area (Å²) >= 11 is 0. The minimum Gasteiger partial charge on any atom is -0.452 e. The normalized spacial score (nSPS) is 11.9. The molecule has 0 unspecified atom stereocenters. The number of benzene rings is 1. The summed E-state index contributed by atoms with van der Waals surface area (Å²) in [6, 6.07) is 13.6. The molecule has 2 heterocycles. The number of aromatic nitrogens is 2. The van der Waals surface area contributed by atoms with Crippen molar-refractivity contribution in [2.75, 3.05) is 6.61 Å². The molecule has 0 aliphatic heterocycles. The fourth-order valence-electron chi connectivity index (χ4n) is 3.41. The fourth-order valence-corrected chi connectivity index (χ4v) is 3.41. The molecule has 0 bridgehead atoms. The van der Waals surface area contributed by atoms with E-state index in [0.717, 1.165) is 18.5 Å². The molecule has 0 aliphatic carbocycles. The van der Waals surface area contributed by atoms with Gasteiger partial charge in [0, 0.05) is 23.5 Å². The largest absolute Gasteiger partial charge is 0.452 e. The molecule has 0 fully saturated rings. The topological polar surface area (TPSA) is 86.4 Å². The summed E-state index contributed by atoms with van der Waals surface area (Å²) < 4.78 is 12.2. The molecule has 158 valence electrons. The van der Waals surface area contributed by atoms with Crippen LogP contribution in [-0.2, 0) is 16.0 Å². The van der Waals surface area contributed by atoms with Crippen LogP contribution in [0.1, 0.15) is 46.4 Å². The molecular formula is C23H27N3O4. The Hall–Kier alpha value is -3.35. The van der Waals surface area contributed by atoms with E-state index in [2.05, 4.69) is 22.6 Å². The number of nitrogens with one attached hydrogen (secondary N) is 1. The highest BCUT2D eigenvalue weighted by Gasteiger charge is 2.20. The minimum atomic E-state index is -0.540. The van der Waals surface area contributed by atoms with Crippen LogP contribution in [0.15, 0.2) is 47.0 Å². The molecule has 1 aromatic carbocycles. The Bertz CT molecular complexity index is 1020. The van der Waals surface area contributed by atoms with E-state index in [1.54, 1.807) is 26.0 Å². The molecule has 1 N–H and O–H groups in total. The Kier molecular flexibility index (Phi) is 6.72. The fraction of sp³-hybridized carbons (Fsp3) is 0.348. The molecule has 0 saturated heterocycles. The molecule has 0 radical (unpaired) electrons. The Morgan fingerprint density at radius 1 is 1.17 bits per heavy atom. The van der Waals surface area contributed by atoms with E-state index >= 15 is 0 Å². The van der Waals surface area contributed by atoms with Crippen LogP contribution < -0.4 is 5.32 Å². The number of esters is 1. The molecule has 30 heavy (non-hydrogen) atoms. The van der Waals surface area contributed by atoms with Crippen LogP contribution >= 0.6 is 0 Å². The van der Waals surface area contributed by atoms with Crippen LogP contribution in [0.4, 0.5) is 0 Å². The maximum absolute atomic E-state index is 12.5. The van der Waals surface area contributed by atoms with E-state index in [9.17, 15) is 9.59 Å². The van der Waals surface area contributed by atoms with Gasteiger partial charge in [0.15, 0.2) is 12.4 Å². The second-order valence-corrected chi connectivity index (χ2v) is 7.48. The van der Waals surface area contributed by atoms with E-state index < -0.39 is 5.97 Å². The van der Waals surface area contributed by atoms with Crippen molar-refractivity contribution in [2.24, 2.45) is 0 Å². The highest BCUT2D eigenvalue weighted by Crippen LogP contribution is 2.21. The van der Waals surface area contributed by atoms with Gasteiger partial charge in [-0.15, -0.1) is 0 Å². The number of nitrogens with zero attached hydrogens (tertiary/aromatic N) is 2. The first-order chi connectivity index (χ1) is 14.3. The first-order valence-electron chi connectivity index (χ1n) is 9.98. The smallest absolute Gasteiger partial charge is 0.340 e. The van der Waals surface area contributed by atoms with Gasteiger partial charge in [0.25, 0.3) is 5.91 Å². The predicted octanol–water partition coefficient (Wildman–Crippen LogP) is 3.68. The van der Waals surface area contributed by atoms with Crippen molar-refractivity contribution in [3.05, 3.63) is 70.7 Å². The number of ether oxygens (including phenoxy) is 1. The minimum absolute atomic E-state index is 0.0168. The molecular weight excluding hydrogens is 382 g/mol. The molecule has 1 amide bonds. The highest BCUT2D eigenvalue weighted by atomic mass is 16.5. The van der Waals surface area contributed by atoms with Crippen molar-refractivity contribution in [3.8, 4) is 5.82 Å². The van der Waals surface area contributed by atoms with Crippen LogP contribution in [0, 0.1) is 20.8 Å². The molecule has 0 saturated carbocycles. The van der Waals surface area contributed by atoms with E-state index in [1.165, 1.54) is 5.56 Å². The van der Waals surface area contributed by atoms with Gasteiger partial charge >= 0.3 is 5.97 Å². The molecule has 0 aliphatic rings. The average Bonchev–Trinajstić information content (AvgIpc) is 3.27. The van der Waals surface area contributed by atoms with Crippen molar-refractivity contribution < 1.29 is 18.8 Å². The third-order valence-corrected chi connectivity index (χ3v) is 4.95. The number of rotatable bonds is 8. The Balaban J connectivity index is 1.52. The van der Waals surface area contributed by atoms with E-state index in [4.69, 9.17) is 9.26 Å². The van der Waals surface area contributed by atoms with Gasteiger partial charge in [0.1, 0.15) is 5.76 Å². The van der Waals surface area contributed by atoms with Crippen molar-refractivity contribution in [3.63, 3.8) is 0 Å². The molecule has 1 atom stereocenters. The van der Waals surface area contributed by atoms with Crippen molar-refractivity contribution in [1.29, 1.82) is 0 Å². The highest BCUT2D eigenvalue weighted by molar-refractivity contribution is 5.93. The molecule has 2 aromatic heterocycles. The summed E-state index contributed by atoms with van der Waals surface area (Å²) in [4.78, 5) is 24.7. The molecule has 7 nitrogen and oxygen atoms in total. The van der Waals surface area contributed by atoms with Crippen molar-refractivity contribution in [2.45, 2.75) is 46.6 Å². The number of carbonyl (C=O) groups is 2. The van der Waals surface area contributed by atoms with E-state index in [-0.39, 0.29) is 18.6 Å². The second-order valence-electron chi connectivity index (χ2n) is 7.48. The number of hydrogen-bond acceptors (Lipinski definition) is 5. The lowest BCUT2D eigenvalue weighted by atomic mass is 10.1. The standard InChI is InChI=1S/C23H27N3O4/c1-15(10-11-19-8-6-5-7-9-19)24-22(27)14-29-23(28)20-12-16(2)26(18(20)4)21-13-17(3)30-25-21/h5-9,12-13,15H,10-11,14H2,1-4H3,(H,24,27)/t15-/m0/s1. The summed E-state index contributed by atoms with van der Waals surface area (Å²) in [6.07, 6.45) is 1.68. The lowest BCUT2D eigenvalue weighted by Crippen LogP contribution is -2.36. The summed E-state index contributed by atoms with van der Waals surface area (Å²) in [6.45, 7) is 7.10. The molecule has 3 aromatic rings. The van der Waals surface area contributed by atoms with Crippen LogP contribution in [-0.4, -0.2) is 34.2 Å². The summed E-state index contributed by atoms with van der Waals surface area (Å²) in [5.74, 6) is 0.428. The van der Waals surface area contributed by atoms with Gasteiger partial charge in [-0.25, -0.2) is 4.79 Å². The molecule has 7 heteroatoms. The first kappa shape index (κ1) is 21.4. The van der Waals surface area contributed by atoms with Gasteiger partial charge in [-0.05, 0) is 52.2 Å². The SMILES string of the molecule is Cc1cc(-n2c(C)cc(C(=O)OCC(=O)N[C@@H](C)CCc3ccccc3)c2C)no1. The summed E-state index contributed by atoms with van der Waals surface area (Å²) in [5.41, 5.74) is 3.13. The average molecular weight is 409 g/mol. The van der Waals surface area contributed by atoms with Gasteiger partial charge in [0.2, 0.25) is 0 Å². The van der Waals surface area contributed by atoms with Crippen LogP contribution in [0.3, 0.4) is 0 Å². The van der Waals surface area contributed by atoms with E-state index in [0.29, 0.717) is 22.8 Å². The number of aryl methyl sites for hydroxylation is 3. The third kappa shape index (κ3) is 5.17. The maximum atomic E-state index is 12.5. The number of carbonyl (C=O) groups excluding carboxylic acids is 2. The van der Waals surface area contributed by atoms with Gasteiger partial charge in [0.05, 0.1) is 5.56 Å². The van der Waals surface area contributed by atoms with E-state index in [1.807, 2.05) is 36.6 Å². The number of hydrogen-bond donors (Lipinski definition) is 1. The Labute approximate surface area is 176 Å². The lowest BCUT2D eigenvalue weighted by Gasteiger charge is -2.14. The monoisotopic (exact) mass is 409 g/mol. The predicted molar refractivity (Wildman–Crippen MR) is 113 cm³/mol. The van der Waals surface area contributed by atoms with Crippen molar-refractivity contribution >= 4 is 11.9 Å². The van der Waals surface area contributed by atoms with Crippen molar-refractivity contribution in [1.82, 2.24) is 15.0 Å². The van der Waals surface area contributed by atoms with Crippen LogP contribution in [0.2, 0.25) is 0 Å². The zero-order valence-corrected chi connectivity index (χ0v) is 17.8. The lowest BCUT2D eigenvalue weighted by molar-refractivity contribution is -0.124. The third-order valence-electron chi connectivity index (χ3n) is 4.95.